The van der Waals surface area contributed by atoms with Crippen LogP contribution < -0.4 is 11.1 Å². The van der Waals surface area contributed by atoms with Crippen molar-refractivity contribution in [3.05, 3.63) is 35.4 Å². The van der Waals surface area contributed by atoms with Crippen molar-refractivity contribution in [3.8, 4) is 0 Å². The highest BCUT2D eigenvalue weighted by Gasteiger charge is 2.27. The third-order valence-corrected chi connectivity index (χ3v) is 4.18. The van der Waals surface area contributed by atoms with E-state index >= 15 is 0 Å². The monoisotopic (exact) mass is 261 g/mol. The molecule has 1 aromatic carbocycles. The molecular formula is C15H23N3O. The van der Waals surface area contributed by atoms with Crippen molar-refractivity contribution in [2.75, 3.05) is 39.4 Å². The number of nitrogens with two attached hydrogens (primary N) is 1. The Hall–Kier alpha value is -0.940. The summed E-state index contributed by atoms with van der Waals surface area (Å²) in [6.07, 6.45) is 1.02. The number of nitrogens with zero attached hydrogens (tertiary/aromatic N) is 1. The SMILES string of the molecule is NC1CC(NCCN2CCOCC2)c2ccccc21. The molecule has 1 heterocycles. The molecule has 1 saturated heterocycles. The molecule has 1 fully saturated rings. The molecule has 0 aromatic heterocycles. The van der Waals surface area contributed by atoms with E-state index in [-0.39, 0.29) is 6.04 Å². The summed E-state index contributed by atoms with van der Waals surface area (Å²) in [5, 5.41) is 3.65. The third-order valence-electron chi connectivity index (χ3n) is 4.18. The van der Waals surface area contributed by atoms with Crippen LogP contribution in [-0.2, 0) is 4.74 Å². The molecule has 4 heteroatoms. The van der Waals surface area contributed by atoms with Gasteiger partial charge in [0.2, 0.25) is 0 Å². The van der Waals surface area contributed by atoms with Gasteiger partial charge in [-0.05, 0) is 17.5 Å². The van der Waals surface area contributed by atoms with Crippen LogP contribution >= 0.6 is 0 Å². The molecule has 104 valence electrons. The Morgan fingerprint density at radius 2 is 1.95 bits per heavy atom. The second kappa shape index (κ2) is 6.01. The van der Waals surface area contributed by atoms with Crippen LogP contribution in [0.3, 0.4) is 0 Å². The summed E-state index contributed by atoms with van der Waals surface area (Å²) in [5.74, 6) is 0. The third kappa shape index (κ3) is 2.98. The van der Waals surface area contributed by atoms with Gasteiger partial charge < -0.3 is 15.8 Å². The maximum Gasteiger partial charge on any atom is 0.0594 e. The molecule has 2 unspecified atom stereocenters. The second-order valence-electron chi connectivity index (χ2n) is 5.43. The van der Waals surface area contributed by atoms with Crippen LogP contribution in [0.25, 0.3) is 0 Å². The minimum atomic E-state index is 0.192. The van der Waals surface area contributed by atoms with Gasteiger partial charge in [0.05, 0.1) is 13.2 Å². The molecule has 1 aliphatic carbocycles. The first-order chi connectivity index (χ1) is 9.34. The van der Waals surface area contributed by atoms with Gasteiger partial charge in [0.1, 0.15) is 0 Å². The van der Waals surface area contributed by atoms with E-state index in [4.69, 9.17) is 10.5 Å². The van der Waals surface area contributed by atoms with Crippen molar-refractivity contribution in [3.63, 3.8) is 0 Å². The summed E-state index contributed by atoms with van der Waals surface area (Å²) in [6, 6.07) is 9.16. The van der Waals surface area contributed by atoms with E-state index in [0.717, 1.165) is 45.8 Å². The van der Waals surface area contributed by atoms with Crippen molar-refractivity contribution in [1.29, 1.82) is 0 Å². The summed E-state index contributed by atoms with van der Waals surface area (Å²) >= 11 is 0. The first-order valence-corrected chi connectivity index (χ1v) is 7.22. The molecule has 4 nitrogen and oxygen atoms in total. The van der Waals surface area contributed by atoms with E-state index in [1.807, 2.05) is 0 Å². The first-order valence-electron chi connectivity index (χ1n) is 7.22. The van der Waals surface area contributed by atoms with Crippen LogP contribution in [0.5, 0.6) is 0 Å². The average Bonchev–Trinajstić information content (AvgIpc) is 2.78. The smallest absolute Gasteiger partial charge is 0.0594 e. The predicted molar refractivity (Wildman–Crippen MR) is 76.0 cm³/mol. The number of morpholine rings is 1. The fraction of sp³-hybridized carbons (Fsp3) is 0.600. The molecule has 0 amide bonds. The van der Waals surface area contributed by atoms with Crippen molar-refractivity contribution < 1.29 is 4.74 Å². The van der Waals surface area contributed by atoms with Gasteiger partial charge in [-0.25, -0.2) is 0 Å². The lowest BCUT2D eigenvalue weighted by atomic mass is 10.1. The van der Waals surface area contributed by atoms with Crippen LogP contribution in [-0.4, -0.2) is 44.3 Å². The Kier molecular flexibility index (Phi) is 4.13. The fourth-order valence-corrected chi connectivity index (χ4v) is 3.09. The summed E-state index contributed by atoms with van der Waals surface area (Å²) < 4.78 is 5.36. The quantitative estimate of drug-likeness (QED) is 0.851. The topological polar surface area (TPSA) is 50.5 Å². The number of ether oxygens (including phenoxy) is 1. The zero-order chi connectivity index (χ0) is 13.1. The Bertz CT molecular complexity index is 418. The molecule has 1 aromatic rings. The van der Waals surface area contributed by atoms with E-state index in [9.17, 15) is 0 Å². The number of hydrogen-bond acceptors (Lipinski definition) is 4. The van der Waals surface area contributed by atoms with Crippen molar-refractivity contribution in [2.24, 2.45) is 5.73 Å². The minimum absolute atomic E-state index is 0.192. The highest BCUT2D eigenvalue weighted by atomic mass is 16.5. The van der Waals surface area contributed by atoms with E-state index in [1.165, 1.54) is 11.1 Å². The first kappa shape index (κ1) is 13.1. The maximum absolute atomic E-state index is 6.18. The number of benzene rings is 1. The Labute approximate surface area is 114 Å². The van der Waals surface area contributed by atoms with Gasteiger partial charge in [0.15, 0.2) is 0 Å². The molecule has 2 aliphatic rings. The van der Waals surface area contributed by atoms with Crippen molar-refractivity contribution >= 4 is 0 Å². The number of nitrogens with one attached hydrogen (secondary N) is 1. The lowest BCUT2D eigenvalue weighted by Gasteiger charge is -2.27. The number of hydrogen-bond donors (Lipinski definition) is 2. The molecule has 0 spiro atoms. The van der Waals surface area contributed by atoms with Gasteiger partial charge in [-0.15, -0.1) is 0 Å². The van der Waals surface area contributed by atoms with Gasteiger partial charge in [-0.1, -0.05) is 24.3 Å². The lowest BCUT2D eigenvalue weighted by Crippen LogP contribution is -2.40. The predicted octanol–water partition coefficient (Wildman–Crippen LogP) is 1.05. The van der Waals surface area contributed by atoms with E-state index in [2.05, 4.69) is 34.5 Å². The molecule has 3 N–H and O–H groups in total. The molecule has 0 radical (unpaired) electrons. The summed E-state index contributed by atoms with van der Waals surface area (Å²) in [7, 11) is 0. The van der Waals surface area contributed by atoms with Crippen LogP contribution in [0.1, 0.15) is 29.6 Å². The summed E-state index contributed by atoms with van der Waals surface area (Å²) in [5.41, 5.74) is 8.88. The van der Waals surface area contributed by atoms with Gasteiger partial charge in [-0.3, -0.25) is 4.90 Å². The Morgan fingerprint density at radius 1 is 1.21 bits per heavy atom. The minimum Gasteiger partial charge on any atom is -0.379 e. The van der Waals surface area contributed by atoms with Crippen LogP contribution in [0.2, 0.25) is 0 Å². The highest BCUT2D eigenvalue weighted by Crippen LogP contribution is 2.36. The molecule has 19 heavy (non-hydrogen) atoms. The van der Waals surface area contributed by atoms with E-state index in [0.29, 0.717) is 6.04 Å². The highest BCUT2D eigenvalue weighted by molar-refractivity contribution is 5.37. The normalized spacial score (nSPS) is 27.4. The standard InChI is InChI=1S/C15H23N3O/c16-14-11-15(13-4-2-1-3-12(13)14)17-5-6-18-7-9-19-10-8-18/h1-4,14-15,17H,5-11,16H2. The van der Waals surface area contributed by atoms with E-state index in [1.54, 1.807) is 0 Å². The Balaban J connectivity index is 1.51. The Morgan fingerprint density at radius 3 is 2.74 bits per heavy atom. The average molecular weight is 261 g/mol. The summed E-state index contributed by atoms with van der Waals surface area (Å²) in [6.45, 7) is 5.97. The number of fused-ring (bicyclic) bond motifs is 1. The lowest BCUT2D eigenvalue weighted by molar-refractivity contribution is 0.0381. The zero-order valence-electron chi connectivity index (χ0n) is 11.3. The largest absolute Gasteiger partial charge is 0.379 e. The van der Waals surface area contributed by atoms with Crippen LogP contribution in [0.4, 0.5) is 0 Å². The van der Waals surface area contributed by atoms with Crippen molar-refractivity contribution in [2.45, 2.75) is 18.5 Å². The van der Waals surface area contributed by atoms with Crippen LogP contribution in [0.15, 0.2) is 24.3 Å². The molecule has 0 bridgehead atoms. The number of rotatable bonds is 4. The van der Waals surface area contributed by atoms with Gasteiger partial charge >= 0.3 is 0 Å². The summed E-state index contributed by atoms with van der Waals surface area (Å²) in [4.78, 5) is 2.46. The van der Waals surface area contributed by atoms with E-state index < -0.39 is 0 Å². The van der Waals surface area contributed by atoms with Gasteiger partial charge in [0.25, 0.3) is 0 Å². The van der Waals surface area contributed by atoms with Crippen molar-refractivity contribution in [1.82, 2.24) is 10.2 Å². The molecule has 2 atom stereocenters. The van der Waals surface area contributed by atoms with Gasteiger partial charge in [-0.2, -0.15) is 0 Å². The van der Waals surface area contributed by atoms with Gasteiger partial charge in [0, 0.05) is 38.3 Å². The molecule has 1 aliphatic heterocycles. The second-order valence-corrected chi connectivity index (χ2v) is 5.43. The fourth-order valence-electron chi connectivity index (χ4n) is 3.09. The molecule has 0 saturated carbocycles. The molecule has 3 rings (SSSR count). The van der Waals surface area contributed by atoms with Crippen LogP contribution in [0, 0.1) is 0 Å². The maximum atomic E-state index is 6.18. The molecular weight excluding hydrogens is 238 g/mol. The zero-order valence-corrected chi connectivity index (χ0v) is 11.3.